The zero-order chi connectivity index (χ0) is 21.2. The lowest BCUT2D eigenvalue weighted by Crippen LogP contribution is -2.22. The second-order valence-corrected chi connectivity index (χ2v) is 9.54. The van der Waals surface area contributed by atoms with Crippen molar-refractivity contribution in [1.29, 1.82) is 0 Å². The lowest BCUT2D eigenvalue weighted by atomic mass is 10.1. The normalized spacial score (nSPS) is 11.4. The summed E-state index contributed by atoms with van der Waals surface area (Å²) in [5, 5.41) is 2.92. The summed E-state index contributed by atoms with van der Waals surface area (Å²) in [6.07, 6.45) is 0. The molecule has 1 N–H and O–H groups in total. The second kappa shape index (κ2) is 8.24. The number of anilines is 1. The number of nitrogens with one attached hydrogen (secondary N) is 1. The van der Waals surface area contributed by atoms with Crippen molar-refractivity contribution in [2.75, 3.05) is 19.4 Å². The number of nitrogens with zero attached hydrogens (tertiary/aromatic N) is 2. The van der Waals surface area contributed by atoms with Gasteiger partial charge in [-0.15, -0.1) is 0 Å². The Morgan fingerprint density at radius 2 is 1.72 bits per heavy atom. The van der Waals surface area contributed by atoms with E-state index in [1.54, 1.807) is 0 Å². The Morgan fingerprint density at radius 1 is 1.03 bits per heavy atom. The number of thiazole rings is 1. The van der Waals surface area contributed by atoms with Crippen LogP contribution in [0.15, 0.2) is 59.5 Å². The molecule has 3 rings (SSSR count). The van der Waals surface area contributed by atoms with E-state index >= 15 is 0 Å². The molecule has 0 radical (unpaired) electrons. The van der Waals surface area contributed by atoms with Crippen LogP contribution in [0.5, 0.6) is 0 Å². The number of hydrogen-bond acceptors (Lipinski definition) is 6. The number of Topliss-reactive ketones (excluding diaryl/α,β-unsaturated/α-hetero) is 1. The first-order valence-electron chi connectivity index (χ1n) is 8.61. The molecular formula is C20H19N3O4S2. The SMILES string of the molecule is CC(=O)c1sc(NC(=O)c2cccc(S(=O)(=O)N(C)C)c2)nc1-c1ccccc1. The minimum Gasteiger partial charge on any atom is -0.298 e. The lowest BCUT2D eigenvalue weighted by Gasteiger charge is -2.12. The molecular weight excluding hydrogens is 410 g/mol. The molecule has 0 atom stereocenters. The van der Waals surface area contributed by atoms with Crippen LogP contribution in [0.25, 0.3) is 11.3 Å². The maximum Gasteiger partial charge on any atom is 0.257 e. The van der Waals surface area contributed by atoms with E-state index in [1.807, 2.05) is 30.3 Å². The van der Waals surface area contributed by atoms with Crippen LogP contribution in [-0.2, 0) is 10.0 Å². The molecule has 0 aliphatic heterocycles. The van der Waals surface area contributed by atoms with Crippen LogP contribution in [0.3, 0.4) is 0 Å². The Kier molecular flexibility index (Phi) is 5.92. The summed E-state index contributed by atoms with van der Waals surface area (Å²) in [4.78, 5) is 29.5. The fraction of sp³-hybridized carbons (Fsp3) is 0.150. The molecule has 0 spiro atoms. The van der Waals surface area contributed by atoms with Crippen molar-refractivity contribution in [3.05, 3.63) is 65.0 Å². The number of carbonyl (C=O) groups is 2. The molecule has 29 heavy (non-hydrogen) atoms. The number of hydrogen-bond donors (Lipinski definition) is 1. The summed E-state index contributed by atoms with van der Waals surface area (Å²) in [6, 6.07) is 15.0. The highest BCUT2D eigenvalue weighted by atomic mass is 32.2. The third-order valence-corrected chi connectivity index (χ3v) is 6.97. The van der Waals surface area contributed by atoms with E-state index in [2.05, 4.69) is 10.3 Å². The number of rotatable bonds is 6. The van der Waals surface area contributed by atoms with Crippen molar-refractivity contribution in [3.8, 4) is 11.3 Å². The minimum absolute atomic E-state index is 0.0173. The number of carbonyl (C=O) groups excluding carboxylic acids is 2. The largest absolute Gasteiger partial charge is 0.298 e. The van der Waals surface area contributed by atoms with E-state index in [0.717, 1.165) is 21.2 Å². The Labute approximate surface area is 173 Å². The molecule has 0 saturated heterocycles. The van der Waals surface area contributed by atoms with Gasteiger partial charge < -0.3 is 0 Å². The van der Waals surface area contributed by atoms with E-state index in [0.29, 0.717) is 10.6 Å². The van der Waals surface area contributed by atoms with Crippen LogP contribution in [0.2, 0.25) is 0 Å². The molecule has 1 amide bonds. The van der Waals surface area contributed by atoms with Gasteiger partial charge in [-0.1, -0.05) is 47.7 Å². The van der Waals surface area contributed by atoms with E-state index < -0.39 is 15.9 Å². The Hall–Kier alpha value is -2.88. The smallest absolute Gasteiger partial charge is 0.257 e. The third-order valence-electron chi connectivity index (χ3n) is 4.09. The van der Waals surface area contributed by atoms with Gasteiger partial charge in [0, 0.05) is 32.1 Å². The predicted octanol–water partition coefficient (Wildman–Crippen LogP) is 3.52. The molecule has 0 aliphatic rings. The van der Waals surface area contributed by atoms with Gasteiger partial charge in [-0.3, -0.25) is 14.9 Å². The average Bonchev–Trinajstić information content (AvgIpc) is 3.13. The summed E-state index contributed by atoms with van der Waals surface area (Å²) >= 11 is 1.08. The Bertz CT molecular complexity index is 1170. The van der Waals surface area contributed by atoms with Crippen LogP contribution in [0.4, 0.5) is 5.13 Å². The fourth-order valence-electron chi connectivity index (χ4n) is 2.58. The van der Waals surface area contributed by atoms with Gasteiger partial charge in [-0.25, -0.2) is 17.7 Å². The summed E-state index contributed by atoms with van der Waals surface area (Å²) < 4.78 is 25.7. The summed E-state index contributed by atoms with van der Waals surface area (Å²) in [7, 11) is -0.815. The molecule has 150 valence electrons. The van der Waals surface area contributed by atoms with Gasteiger partial charge in [0.1, 0.15) is 0 Å². The van der Waals surface area contributed by atoms with Gasteiger partial charge in [-0.2, -0.15) is 0 Å². The minimum atomic E-state index is -3.66. The molecule has 0 unspecified atom stereocenters. The molecule has 1 heterocycles. The molecule has 0 bridgehead atoms. The average molecular weight is 430 g/mol. The monoisotopic (exact) mass is 429 g/mol. The van der Waals surface area contributed by atoms with Crippen LogP contribution < -0.4 is 5.32 Å². The van der Waals surface area contributed by atoms with Gasteiger partial charge >= 0.3 is 0 Å². The van der Waals surface area contributed by atoms with E-state index in [9.17, 15) is 18.0 Å². The van der Waals surface area contributed by atoms with Gasteiger partial charge in [0.25, 0.3) is 5.91 Å². The van der Waals surface area contributed by atoms with Crippen molar-refractivity contribution in [2.24, 2.45) is 0 Å². The number of ketones is 1. The third kappa shape index (κ3) is 4.42. The highest BCUT2D eigenvalue weighted by Gasteiger charge is 2.21. The van der Waals surface area contributed by atoms with Gasteiger partial charge in [0.05, 0.1) is 15.5 Å². The Morgan fingerprint density at radius 3 is 2.34 bits per heavy atom. The lowest BCUT2D eigenvalue weighted by molar-refractivity contribution is 0.101. The first-order chi connectivity index (χ1) is 13.7. The van der Waals surface area contributed by atoms with Gasteiger partial charge in [0.2, 0.25) is 10.0 Å². The molecule has 3 aromatic rings. The molecule has 7 nitrogen and oxygen atoms in total. The number of amides is 1. The van der Waals surface area contributed by atoms with Crippen LogP contribution in [0, 0.1) is 0 Å². The van der Waals surface area contributed by atoms with Crippen molar-refractivity contribution in [3.63, 3.8) is 0 Å². The summed E-state index contributed by atoms with van der Waals surface area (Å²) in [5.41, 5.74) is 1.45. The number of aromatic nitrogens is 1. The standard InChI is InChI=1S/C20H19N3O4S2/c1-13(24)18-17(14-8-5-4-6-9-14)21-20(28-18)22-19(25)15-10-7-11-16(12-15)29(26,27)23(2)3/h4-12H,1-3H3,(H,21,22,25). The zero-order valence-electron chi connectivity index (χ0n) is 16.0. The van der Waals surface area contributed by atoms with Crippen molar-refractivity contribution < 1.29 is 18.0 Å². The molecule has 0 saturated carbocycles. The first-order valence-corrected chi connectivity index (χ1v) is 10.9. The van der Waals surface area contributed by atoms with E-state index in [1.165, 1.54) is 45.3 Å². The van der Waals surface area contributed by atoms with Crippen LogP contribution in [-0.4, -0.2) is 43.5 Å². The van der Waals surface area contributed by atoms with Crippen LogP contribution >= 0.6 is 11.3 Å². The van der Waals surface area contributed by atoms with E-state index in [4.69, 9.17) is 0 Å². The topological polar surface area (TPSA) is 96.4 Å². The molecule has 9 heteroatoms. The van der Waals surface area contributed by atoms with Crippen molar-refractivity contribution >= 4 is 38.2 Å². The fourth-order valence-corrected chi connectivity index (χ4v) is 4.41. The first kappa shape index (κ1) is 20.8. The van der Waals surface area contributed by atoms with Gasteiger partial charge in [0.15, 0.2) is 10.9 Å². The summed E-state index contributed by atoms with van der Waals surface area (Å²) in [5.74, 6) is -0.662. The molecule has 0 aliphatic carbocycles. The number of benzene rings is 2. The quantitative estimate of drug-likeness (QED) is 0.605. The van der Waals surface area contributed by atoms with Crippen molar-refractivity contribution in [1.82, 2.24) is 9.29 Å². The zero-order valence-corrected chi connectivity index (χ0v) is 17.7. The summed E-state index contributed by atoms with van der Waals surface area (Å²) in [6.45, 7) is 1.45. The molecule has 2 aromatic carbocycles. The number of sulfonamides is 1. The molecule has 1 aromatic heterocycles. The maximum atomic E-state index is 12.7. The highest BCUT2D eigenvalue weighted by molar-refractivity contribution is 7.89. The highest BCUT2D eigenvalue weighted by Crippen LogP contribution is 2.31. The van der Waals surface area contributed by atoms with E-state index in [-0.39, 0.29) is 21.4 Å². The van der Waals surface area contributed by atoms with Crippen LogP contribution in [0.1, 0.15) is 27.0 Å². The predicted molar refractivity (Wildman–Crippen MR) is 113 cm³/mol. The molecule has 0 fully saturated rings. The maximum absolute atomic E-state index is 12.7. The van der Waals surface area contributed by atoms with Crippen molar-refractivity contribution in [2.45, 2.75) is 11.8 Å². The Balaban J connectivity index is 1.92. The van der Waals surface area contributed by atoms with Gasteiger partial charge in [-0.05, 0) is 18.2 Å². The second-order valence-electron chi connectivity index (χ2n) is 6.39.